The van der Waals surface area contributed by atoms with Gasteiger partial charge in [-0.2, -0.15) is 0 Å². The molecule has 0 radical (unpaired) electrons. The van der Waals surface area contributed by atoms with Crippen LogP contribution in [0.5, 0.6) is 0 Å². The van der Waals surface area contributed by atoms with E-state index < -0.39 is 0 Å². The van der Waals surface area contributed by atoms with E-state index in [-0.39, 0.29) is 0 Å². The highest BCUT2D eigenvalue weighted by Crippen LogP contribution is 2.31. The minimum Gasteiger partial charge on any atom is -0.0464 e. The molecule has 0 bridgehead atoms. The van der Waals surface area contributed by atoms with Gasteiger partial charge in [-0.25, -0.2) is 0 Å². The molecule has 0 aliphatic rings. The standard InChI is InChI=1S/C18H8I4/c19-15-5-11-1-9-2-13-7-17(21)18(22)8-14(13)4-10(9)3-12(11)6-16(15)20/h1-8H. The van der Waals surface area contributed by atoms with Crippen LogP contribution in [-0.2, 0) is 0 Å². The molecule has 0 nitrogen and oxygen atoms in total. The lowest BCUT2D eigenvalue weighted by atomic mass is 10.00. The molecule has 22 heavy (non-hydrogen) atoms. The highest BCUT2D eigenvalue weighted by atomic mass is 127. The van der Waals surface area contributed by atoms with Gasteiger partial charge in [0.1, 0.15) is 0 Å². The molecule has 0 amide bonds. The Morgan fingerprint density at radius 2 is 0.500 bits per heavy atom. The highest BCUT2D eigenvalue weighted by Gasteiger charge is 2.06. The Kier molecular flexibility index (Phi) is 4.49. The molecule has 0 saturated heterocycles. The summed E-state index contributed by atoms with van der Waals surface area (Å²) in [4.78, 5) is 0. The predicted octanol–water partition coefficient (Wildman–Crippen LogP) is 7.56. The summed E-state index contributed by atoms with van der Waals surface area (Å²) < 4.78 is 5.26. The zero-order valence-corrected chi connectivity index (χ0v) is 19.8. The summed E-state index contributed by atoms with van der Waals surface area (Å²) in [5.74, 6) is 0. The van der Waals surface area contributed by atoms with E-state index in [1.165, 1.54) is 46.6 Å². The third kappa shape index (κ3) is 2.85. The van der Waals surface area contributed by atoms with Crippen LogP contribution in [-0.4, -0.2) is 0 Å². The maximum absolute atomic E-state index is 2.41. The molecule has 4 heteroatoms. The van der Waals surface area contributed by atoms with E-state index in [4.69, 9.17) is 0 Å². The topological polar surface area (TPSA) is 0 Å². The SMILES string of the molecule is Ic1cc2cc3cc4cc(I)c(I)cc4cc3cc2cc1I. The largest absolute Gasteiger partial charge is 0.0464 e. The average molecular weight is 732 g/mol. The van der Waals surface area contributed by atoms with E-state index in [2.05, 4.69) is 139 Å². The summed E-state index contributed by atoms with van der Waals surface area (Å²) >= 11 is 9.64. The van der Waals surface area contributed by atoms with Crippen molar-refractivity contribution in [3.63, 3.8) is 0 Å². The van der Waals surface area contributed by atoms with Gasteiger partial charge in [-0.05, 0) is 171 Å². The van der Waals surface area contributed by atoms with Crippen molar-refractivity contribution >= 4 is 123 Å². The minimum atomic E-state index is 1.31. The van der Waals surface area contributed by atoms with Crippen LogP contribution in [0.3, 0.4) is 0 Å². The summed E-state index contributed by atoms with van der Waals surface area (Å²) in [7, 11) is 0. The van der Waals surface area contributed by atoms with E-state index in [9.17, 15) is 0 Å². The van der Waals surface area contributed by atoms with Crippen molar-refractivity contribution < 1.29 is 0 Å². The number of rotatable bonds is 0. The lowest BCUT2D eigenvalue weighted by Gasteiger charge is -2.08. The monoisotopic (exact) mass is 732 g/mol. The molecule has 0 aromatic heterocycles. The van der Waals surface area contributed by atoms with Gasteiger partial charge < -0.3 is 0 Å². The molecule has 0 saturated carbocycles. The van der Waals surface area contributed by atoms with Gasteiger partial charge in [0.25, 0.3) is 0 Å². The van der Waals surface area contributed by atoms with Crippen LogP contribution in [0.15, 0.2) is 48.5 Å². The summed E-state index contributed by atoms with van der Waals surface area (Å²) in [5, 5.41) is 7.89. The zero-order chi connectivity index (χ0) is 15.4. The van der Waals surface area contributed by atoms with E-state index >= 15 is 0 Å². The second kappa shape index (κ2) is 6.14. The van der Waals surface area contributed by atoms with Crippen LogP contribution in [0.2, 0.25) is 0 Å². The number of hydrogen-bond donors (Lipinski definition) is 0. The minimum absolute atomic E-state index is 1.31. The summed E-state index contributed by atoms with van der Waals surface area (Å²) in [5.41, 5.74) is 0. The first kappa shape index (κ1) is 16.1. The Hall–Kier alpha value is 0.580. The maximum atomic E-state index is 2.41. The molecule has 108 valence electrons. The van der Waals surface area contributed by atoms with Gasteiger partial charge in [-0.1, -0.05) is 0 Å². The molecule has 0 heterocycles. The molecular formula is C18H8I4. The third-order valence-corrected chi connectivity index (χ3v) is 9.46. The summed E-state index contributed by atoms with van der Waals surface area (Å²) in [6.07, 6.45) is 0. The second-order valence-corrected chi connectivity index (χ2v) is 9.93. The maximum Gasteiger partial charge on any atom is 0.0270 e. The molecule has 0 aliphatic carbocycles. The quantitative estimate of drug-likeness (QED) is 0.129. The first-order chi connectivity index (χ1) is 10.5. The first-order valence-corrected chi connectivity index (χ1v) is 10.9. The molecule has 0 fully saturated rings. The predicted molar refractivity (Wildman–Crippen MR) is 130 cm³/mol. The Morgan fingerprint density at radius 3 is 0.727 bits per heavy atom. The molecule has 0 N–H and O–H groups in total. The molecule has 4 aromatic rings. The summed E-state index contributed by atoms with van der Waals surface area (Å²) in [6.45, 7) is 0. The van der Waals surface area contributed by atoms with Crippen molar-refractivity contribution in [2.45, 2.75) is 0 Å². The Morgan fingerprint density at radius 1 is 0.318 bits per heavy atom. The average Bonchev–Trinajstić information content (AvgIpc) is 2.46. The normalized spacial score (nSPS) is 11.6. The first-order valence-electron chi connectivity index (χ1n) is 6.62. The zero-order valence-electron chi connectivity index (χ0n) is 11.1. The van der Waals surface area contributed by atoms with Gasteiger partial charge in [-0.15, -0.1) is 0 Å². The van der Waals surface area contributed by atoms with Gasteiger partial charge in [0, 0.05) is 14.3 Å². The van der Waals surface area contributed by atoms with Crippen molar-refractivity contribution in [1.82, 2.24) is 0 Å². The Balaban J connectivity index is 2.11. The van der Waals surface area contributed by atoms with Crippen molar-refractivity contribution in [3.05, 3.63) is 62.8 Å². The van der Waals surface area contributed by atoms with Crippen molar-refractivity contribution in [3.8, 4) is 0 Å². The lowest BCUT2D eigenvalue weighted by molar-refractivity contribution is 1.64. The molecule has 0 atom stereocenters. The third-order valence-electron chi connectivity index (χ3n) is 3.83. The van der Waals surface area contributed by atoms with Crippen LogP contribution in [0.25, 0.3) is 32.3 Å². The van der Waals surface area contributed by atoms with Gasteiger partial charge in [-0.3, -0.25) is 0 Å². The molecule has 0 spiro atoms. The smallest absolute Gasteiger partial charge is 0.0270 e. The second-order valence-electron chi connectivity index (χ2n) is 5.28. The Labute approximate surface area is 183 Å². The molecule has 0 aliphatic heterocycles. The van der Waals surface area contributed by atoms with Crippen molar-refractivity contribution in [2.75, 3.05) is 0 Å². The fourth-order valence-electron chi connectivity index (χ4n) is 2.74. The van der Waals surface area contributed by atoms with E-state index in [1.807, 2.05) is 0 Å². The number of fused-ring (bicyclic) bond motifs is 3. The van der Waals surface area contributed by atoms with Crippen LogP contribution >= 0.6 is 90.4 Å². The lowest BCUT2D eigenvalue weighted by Crippen LogP contribution is -1.85. The fraction of sp³-hybridized carbons (Fsp3) is 0. The van der Waals surface area contributed by atoms with Gasteiger partial charge in [0.15, 0.2) is 0 Å². The van der Waals surface area contributed by atoms with Crippen LogP contribution in [0.4, 0.5) is 0 Å². The van der Waals surface area contributed by atoms with Crippen LogP contribution < -0.4 is 0 Å². The Bertz CT molecular complexity index is 899. The van der Waals surface area contributed by atoms with Crippen LogP contribution in [0.1, 0.15) is 0 Å². The van der Waals surface area contributed by atoms with Gasteiger partial charge in [0.05, 0.1) is 0 Å². The number of hydrogen-bond acceptors (Lipinski definition) is 0. The molecule has 4 aromatic carbocycles. The molecule has 0 unspecified atom stereocenters. The number of benzene rings is 4. The molecule has 4 rings (SSSR count). The van der Waals surface area contributed by atoms with E-state index in [0.717, 1.165) is 0 Å². The van der Waals surface area contributed by atoms with Gasteiger partial charge >= 0.3 is 0 Å². The summed E-state index contributed by atoms with van der Waals surface area (Å²) in [6, 6.07) is 18.4. The van der Waals surface area contributed by atoms with E-state index in [1.54, 1.807) is 0 Å². The van der Waals surface area contributed by atoms with Crippen molar-refractivity contribution in [2.24, 2.45) is 0 Å². The van der Waals surface area contributed by atoms with Crippen LogP contribution in [0, 0.1) is 14.3 Å². The highest BCUT2D eigenvalue weighted by molar-refractivity contribution is 14.1. The van der Waals surface area contributed by atoms with Crippen molar-refractivity contribution in [1.29, 1.82) is 0 Å². The van der Waals surface area contributed by atoms with Gasteiger partial charge in [0.2, 0.25) is 0 Å². The fourth-order valence-corrected chi connectivity index (χ4v) is 4.71. The number of halogens is 4. The van der Waals surface area contributed by atoms with E-state index in [0.29, 0.717) is 0 Å². The molecular weight excluding hydrogens is 724 g/mol.